The van der Waals surface area contributed by atoms with Gasteiger partial charge in [-0.3, -0.25) is 9.59 Å². The number of nitrogens with zero attached hydrogens (tertiary/aromatic N) is 2. The molecule has 1 aliphatic rings. The van der Waals surface area contributed by atoms with Gasteiger partial charge in [0.1, 0.15) is 17.6 Å². The van der Waals surface area contributed by atoms with E-state index in [1.807, 2.05) is 0 Å². The summed E-state index contributed by atoms with van der Waals surface area (Å²) in [5.41, 5.74) is 1.47. The van der Waals surface area contributed by atoms with Crippen molar-refractivity contribution in [3.8, 4) is 5.75 Å². The maximum absolute atomic E-state index is 13.7. The highest BCUT2D eigenvalue weighted by Gasteiger charge is 2.46. The highest BCUT2D eigenvalue weighted by molar-refractivity contribution is 6.22. The van der Waals surface area contributed by atoms with E-state index >= 15 is 0 Å². The van der Waals surface area contributed by atoms with Crippen LogP contribution in [0.1, 0.15) is 12.0 Å². The number of benzene rings is 3. The van der Waals surface area contributed by atoms with Crippen LogP contribution in [-0.4, -0.2) is 35.9 Å². The number of halogens is 1. The molecule has 1 N–H and O–H groups in total. The number of carbonyl (C=O) groups is 3. The molecule has 33 heavy (non-hydrogen) atoms. The number of carbonyl (C=O) groups excluding carboxylic acids is 3. The Hall–Kier alpha value is -4.20. The monoisotopic (exact) mass is 447 g/mol. The van der Waals surface area contributed by atoms with Crippen molar-refractivity contribution in [1.29, 1.82) is 0 Å². The van der Waals surface area contributed by atoms with Gasteiger partial charge in [0.05, 0.1) is 19.2 Å². The van der Waals surface area contributed by atoms with E-state index < -0.39 is 29.7 Å². The van der Waals surface area contributed by atoms with Gasteiger partial charge in [-0.2, -0.15) is 0 Å². The average Bonchev–Trinajstić information content (AvgIpc) is 3.04. The average molecular weight is 447 g/mol. The van der Waals surface area contributed by atoms with E-state index in [2.05, 4.69) is 5.32 Å². The lowest BCUT2D eigenvalue weighted by Crippen LogP contribution is -2.37. The van der Waals surface area contributed by atoms with Crippen LogP contribution < -0.4 is 15.0 Å². The number of hydrogen-bond donors (Lipinski definition) is 1. The van der Waals surface area contributed by atoms with Crippen LogP contribution in [0.15, 0.2) is 78.9 Å². The molecule has 7 nitrogen and oxygen atoms in total. The molecule has 3 aromatic carbocycles. The smallest absolute Gasteiger partial charge is 0.332 e. The van der Waals surface area contributed by atoms with Crippen molar-refractivity contribution in [2.45, 2.75) is 19.0 Å². The summed E-state index contributed by atoms with van der Waals surface area (Å²) in [4.78, 5) is 41.6. The van der Waals surface area contributed by atoms with Gasteiger partial charge in [-0.05, 0) is 54.1 Å². The maximum atomic E-state index is 13.7. The predicted molar refractivity (Wildman–Crippen MR) is 121 cm³/mol. The third-order valence-electron chi connectivity index (χ3n) is 5.33. The predicted octanol–water partition coefficient (Wildman–Crippen LogP) is 4.20. The first-order chi connectivity index (χ1) is 16.0. The Morgan fingerprint density at radius 2 is 1.73 bits per heavy atom. The molecule has 8 heteroatoms. The zero-order chi connectivity index (χ0) is 23.4. The fraction of sp³-hybridized carbons (Fsp3) is 0.160. The molecule has 1 atom stereocenters. The van der Waals surface area contributed by atoms with E-state index in [0.717, 1.165) is 4.90 Å². The normalized spacial score (nSPS) is 15.6. The van der Waals surface area contributed by atoms with E-state index in [1.54, 1.807) is 67.8 Å². The molecule has 4 amide bonds. The summed E-state index contributed by atoms with van der Waals surface area (Å²) < 4.78 is 18.8. The molecule has 0 spiro atoms. The van der Waals surface area contributed by atoms with Crippen LogP contribution in [0, 0.1) is 5.82 Å². The van der Waals surface area contributed by atoms with Crippen LogP contribution in [0.4, 0.5) is 20.6 Å². The Kier molecular flexibility index (Phi) is 6.35. The van der Waals surface area contributed by atoms with Crippen molar-refractivity contribution in [2.24, 2.45) is 0 Å². The number of urea groups is 1. The fourth-order valence-corrected chi connectivity index (χ4v) is 3.72. The molecule has 1 fully saturated rings. The molecule has 1 aliphatic heterocycles. The standard InChI is InChI=1S/C25H22FN3O4/c1-33-21-12-10-19(11-13-21)27-23(30)15-22-24(31)29(20-8-3-2-4-9-20)25(32)28(22)16-17-6-5-7-18(26)14-17/h2-14,22H,15-16H2,1H3,(H,27,30)/t22-/m0/s1. The molecule has 0 radical (unpaired) electrons. The van der Waals surface area contributed by atoms with E-state index in [9.17, 15) is 18.8 Å². The number of ether oxygens (including phenoxy) is 1. The van der Waals surface area contributed by atoms with Crippen LogP contribution in [0.2, 0.25) is 0 Å². The van der Waals surface area contributed by atoms with E-state index in [-0.39, 0.29) is 13.0 Å². The van der Waals surface area contributed by atoms with Crippen molar-refractivity contribution in [2.75, 3.05) is 17.3 Å². The first-order valence-electron chi connectivity index (χ1n) is 10.3. The minimum atomic E-state index is -1.03. The number of methoxy groups -OCH3 is 1. The minimum Gasteiger partial charge on any atom is -0.497 e. The van der Waals surface area contributed by atoms with Crippen LogP contribution >= 0.6 is 0 Å². The summed E-state index contributed by atoms with van der Waals surface area (Å²) in [6, 6.07) is 19.5. The number of hydrogen-bond acceptors (Lipinski definition) is 4. The fourth-order valence-electron chi connectivity index (χ4n) is 3.72. The molecule has 1 saturated heterocycles. The summed E-state index contributed by atoms with van der Waals surface area (Å²) in [6.07, 6.45) is -0.241. The van der Waals surface area contributed by atoms with Crippen LogP contribution in [0.5, 0.6) is 5.75 Å². The lowest BCUT2D eigenvalue weighted by molar-refractivity contribution is -0.124. The van der Waals surface area contributed by atoms with Gasteiger partial charge in [-0.15, -0.1) is 0 Å². The zero-order valence-electron chi connectivity index (χ0n) is 17.9. The number of imide groups is 1. The van der Waals surface area contributed by atoms with Crippen molar-refractivity contribution < 1.29 is 23.5 Å². The Balaban J connectivity index is 1.58. The highest BCUT2D eigenvalue weighted by Crippen LogP contribution is 2.28. The molecule has 3 aromatic rings. The molecular weight excluding hydrogens is 425 g/mol. The zero-order valence-corrected chi connectivity index (χ0v) is 17.9. The van der Waals surface area contributed by atoms with Gasteiger partial charge in [0.2, 0.25) is 5.91 Å². The van der Waals surface area contributed by atoms with Crippen molar-refractivity contribution in [3.63, 3.8) is 0 Å². The van der Waals surface area contributed by atoms with Gasteiger partial charge in [0.15, 0.2) is 0 Å². The number of anilines is 2. The van der Waals surface area contributed by atoms with Crippen LogP contribution in [0.25, 0.3) is 0 Å². The molecule has 4 rings (SSSR count). The van der Waals surface area contributed by atoms with E-state index in [4.69, 9.17) is 4.74 Å². The summed E-state index contributed by atoms with van der Waals surface area (Å²) in [5, 5.41) is 2.74. The lowest BCUT2D eigenvalue weighted by atomic mass is 10.1. The second-order valence-corrected chi connectivity index (χ2v) is 7.55. The molecule has 0 bridgehead atoms. The van der Waals surface area contributed by atoms with E-state index in [1.165, 1.54) is 23.1 Å². The van der Waals surface area contributed by atoms with Gasteiger partial charge in [-0.25, -0.2) is 14.1 Å². The Labute approximate surface area is 190 Å². The van der Waals surface area contributed by atoms with Gasteiger partial charge >= 0.3 is 6.03 Å². The van der Waals surface area contributed by atoms with Gasteiger partial charge in [0, 0.05) is 12.2 Å². The quantitative estimate of drug-likeness (QED) is 0.551. The molecule has 1 heterocycles. The summed E-state index contributed by atoms with van der Waals surface area (Å²) in [5.74, 6) is -0.735. The number of amides is 4. The number of nitrogens with one attached hydrogen (secondary N) is 1. The SMILES string of the molecule is COc1ccc(NC(=O)C[C@H]2C(=O)N(c3ccccc3)C(=O)N2Cc2cccc(F)c2)cc1. The van der Waals surface area contributed by atoms with Crippen molar-refractivity contribution >= 4 is 29.2 Å². The Morgan fingerprint density at radius 1 is 1.00 bits per heavy atom. The van der Waals surface area contributed by atoms with Crippen LogP contribution in [-0.2, 0) is 16.1 Å². The first kappa shape index (κ1) is 22.0. The molecule has 168 valence electrons. The van der Waals surface area contributed by atoms with Crippen molar-refractivity contribution in [3.05, 3.63) is 90.2 Å². The van der Waals surface area contributed by atoms with Gasteiger partial charge in [0.25, 0.3) is 5.91 Å². The minimum absolute atomic E-state index is 0.00779. The highest BCUT2D eigenvalue weighted by atomic mass is 19.1. The maximum Gasteiger partial charge on any atom is 0.332 e. The number of para-hydroxylation sites is 1. The van der Waals surface area contributed by atoms with Crippen LogP contribution in [0.3, 0.4) is 0 Å². The molecule has 0 saturated carbocycles. The molecular formula is C25H22FN3O4. The summed E-state index contributed by atoms with van der Waals surface area (Å²) in [6.45, 7) is -0.00779. The first-order valence-corrected chi connectivity index (χ1v) is 10.3. The van der Waals surface area contributed by atoms with Crippen molar-refractivity contribution in [1.82, 2.24) is 4.90 Å². The third-order valence-corrected chi connectivity index (χ3v) is 5.33. The lowest BCUT2D eigenvalue weighted by Gasteiger charge is -2.21. The Bertz CT molecular complexity index is 1170. The topological polar surface area (TPSA) is 79.0 Å². The number of rotatable bonds is 7. The molecule has 0 aliphatic carbocycles. The Morgan fingerprint density at radius 3 is 2.39 bits per heavy atom. The van der Waals surface area contributed by atoms with E-state index in [0.29, 0.717) is 22.7 Å². The largest absolute Gasteiger partial charge is 0.497 e. The van der Waals surface area contributed by atoms with Gasteiger partial charge < -0.3 is 15.0 Å². The third kappa shape index (κ3) is 4.85. The molecule has 0 unspecified atom stereocenters. The molecule has 0 aromatic heterocycles. The summed E-state index contributed by atoms with van der Waals surface area (Å²) >= 11 is 0. The second kappa shape index (κ2) is 9.52. The summed E-state index contributed by atoms with van der Waals surface area (Å²) in [7, 11) is 1.54. The van der Waals surface area contributed by atoms with Gasteiger partial charge in [-0.1, -0.05) is 30.3 Å². The second-order valence-electron chi connectivity index (χ2n) is 7.55.